The first-order valence-electron chi connectivity index (χ1n) is 8.74. The summed E-state index contributed by atoms with van der Waals surface area (Å²) in [4.78, 5) is 28.7. The second kappa shape index (κ2) is 8.51. The zero-order valence-electron chi connectivity index (χ0n) is 16.2. The van der Waals surface area contributed by atoms with Crippen LogP contribution in [-0.4, -0.2) is 28.1 Å². The number of nitrogens with zero attached hydrogens (tertiary/aromatic N) is 3. The number of carbonyl (C=O) groups excluding carboxylic acids is 1. The Morgan fingerprint density at radius 3 is 2.64 bits per heavy atom. The van der Waals surface area contributed by atoms with E-state index in [0.717, 1.165) is 0 Å². The number of rotatable bonds is 6. The van der Waals surface area contributed by atoms with Crippen LogP contribution in [0.4, 0.5) is 22.0 Å². The zero-order valence-corrected chi connectivity index (χ0v) is 16.2. The van der Waals surface area contributed by atoms with Crippen molar-refractivity contribution in [2.75, 3.05) is 17.2 Å². The summed E-state index contributed by atoms with van der Waals surface area (Å²) in [5.74, 6) is 0.395. The number of amides is 1. The van der Waals surface area contributed by atoms with Gasteiger partial charge in [0.2, 0.25) is 0 Å². The van der Waals surface area contributed by atoms with Crippen LogP contribution in [0.2, 0.25) is 0 Å². The van der Waals surface area contributed by atoms with E-state index in [0.29, 0.717) is 29.9 Å². The van der Waals surface area contributed by atoms with Crippen molar-refractivity contribution in [1.29, 1.82) is 0 Å². The second-order valence-corrected chi connectivity index (χ2v) is 7.14. The molecule has 0 aliphatic rings. The van der Waals surface area contributed by atoms with Gasteiger partial charge in [-0.15, -0.1) is 6.58 Å². The normalized spacial score (nSPS) is 11.0. The van der Waals surface area contributed by atoms with Crippen molar-refractivity contribution in [2.24, 2.45) is 0 Å². The molecular formula is C20H24N4O4. The van der Waals surface area contributed by atoms with Crippen LogP contribution in [0.5, 0.6) is 0 Å². The molecule has 0 atom stereocenters. The average Bonchev–Trinajstić information content (AvgIpc) is 2.60. The summed E-state index contributed by atoms with van der Waals surface area (Å²) in [5.41, 5.74) is 6.83. The van der Waals surface area contributed by atoms with Gasteiger partial charge in [0.15, 0.2) is 0 Å². The number of nitro benzene ring substituents is 1. The lowest BCUT2D eigenvalue weighted by Crippen LogP contribution is -2.37. The molecule has 2 rings (SSSR count). The Morgan fingerprint density at radius 2 is 2.07 bits per heavy atom. The van der Waals surface area contributed by atoms with Gasteiger partial charge < -0.3 is 10.5 Å². The van der Waals surface area contributed by atoms with Crippen LogP contribution < -0.4 is 10.6 Å². The van der Waals surface area contributed by atoms with Gasteiger partial charge in [0.05, 0.1) is 4.92 Å². The van der Waals surface area contributed by atoms with Gasteiger partial charge in [-0.3, -0.25) is 15.0 Å². The summed E-state index contributed by atoms with van der Waals surface area (Å²) in [6.45, 7) is 9.41. The first kappa shape index (κ1) is 20.9. The largest absolute Gasteiger partial charge is 0.443 e. The van der Waals surface area contributed by atoms with Gasteiger partial charge in [-0.25, -0.2) is 9.78 Å². The number of anilines is 2. The fraction of sp³-hybridized carbons (Fsp3) is 0.300. The summed E-state index contributed by atoms with van der Waals surface area (Å²) < 4.78 is 5.48. The molecule has 1 heterocycles. The second-order valence-electron chi connectivity index (χ2n) is 7.14. The van der Waals surface area contributed by atoms with Gasteiger partial charge in [0.1, 0.15) is 11.4 Å². The quantitative estimate of drug-likeness (QED) is 0.338. The Balaban J connectivity index is 2.41. The minimum Gasteiger partial charge on any atom is -0.443 e. The Hall–Kier alpha value is -3.42. The van der Waals surface area contributed by atoms with Gasteiger partial charge in [-0.2, -0.15) is 0 Å². The van der Waals surface area contributed by atoms with E-state index in [4.69, 9.17) is 10.5 Å². The molecule has 0 bridgehead atoms. The summed E-state index contributed by atoms with van der Waals surface area (Å²) >= 11 is 0. The molecule has 0 unspecified atom stereocenters. The van der Waals surface area contributed by atoms with E-state index in [1.54, 1.807) is 51.2 Å². The highest BCUT2D eigenvalue weighted by molar-refractivity contribution is 5.88. The van der Waals surface area contributed by atoms with Crippen molar-refractivity contribution >= 4 is 23.3 Å². The number of hydrogen-bond donors (Lipinski definition) is 1. The lowest BCUT2D eigenvalue weighted by Gasteiger charge is -2.26. The molecule has 0 saturated carbocycles. The van der Waals surface area contributed by atoms with E-state index < -0.39 is 16.6 Å². The van der Waals surface area contributed by atoms with Gasteiger partial charge >= 0.3 is 6.09 Å². The molecule has 148 valence electrons. The summed E-state index contributed by atoms with van der Waals surface area (Å²) in [6.07, 6.45) is 3.30. The molecule has 0 radical (unpaired) electrons. The van der Waals surface area contributed by atoms with Crippen molar-refractivity contribution in [3.8, 4) is 11.1 Å². The first-order chi connectivity index (χ1) is 13.1. The maximum absolute atomic E-state index is 12.6. The molecule has 8 nitrogen and oxygen atoms in total. The molecule has 1 amide bonds. The molecule has 2 N–H and O–H groups in total. The third-order valence-electron chi connectivity index (χ3n) is 3.75. The number of non-ortho nitro benzene ring substituents is 1. The third kappa shape index (κ3) is 5.29. The highest BCUT2D eigenvalue weighted by Crippen LogP contribution is 2.31. The summed E-state index contributed by atoms with van der Waals surface area (Å²) in [6, 6.07) is 7.69. The fourth-order valence-electron chi connectivity index (χ4n) is 2.50. The van der Waals surface area contributed by atoms with Crippen molar-refractivity contribution in [2.45, 2.75) is 32.8 Å². The van der Waals surface area contributed by atoms with Gasteiger partial charge in [0, 0.05) is 36.1 Å². The maximum Gasteiger partial charge on any atom is 0.416 e. The van der Waals surface area contributed by atoms with Crippen LogP contribution >= 0.6 is 0 Å². The Bertz CT molecular complexity index is 890. The molecule has 8 heteroatoms. The van der Waals surface area contributed by atoms with Crippen LogP contribution in [-0.2, 0) is 4.74 Å². The number of pyridine rings is 1. The highest BCUT2D eigenvalue weighted by Gasteiger charge is 2.24. The molecule has 1 aromatic heterocycles. The van der Waals surface area contributed by atoms with Crippen LogP contribution in [0.25, 0.3) is 11.1 Å². The molecule has 0 aliphatic carbocycles. The van der Waals surface area contributed by atoms with Gasteiger partial charge in [-0.05, 0) is 51.0 Å². The Kier molecular flexibility index (Phi) is 6.35. The lowest BCUT2D eigenvalue weighted by molar-refractivity contribution is -0.384. The number of benzene rings is 1. The highest BCUT2D eigenvalue weighted by atomic mass is 16.6. The van der Waals surface area contributed by atoms with E-state index in [2.05, 4.69) is 11.6 Å². The predicted octanol–water partition coefficient (Wildman–Crippen LogP) is 4.56. The summed E-state index contributed by atoms with van der Waals surface area (Å²) in [7, 11) is 0. The number of nitrogens with two attached hydrogens (primary N) is 1. The predicted molar refractivity (Wildman–Crippen MR) is 109 cm³/mol. The minimum absolute atomic E-state index is 0.0862. The van der Waals surface area contributed by atoms with Crippen molar-refractivity contribution in [3.63, 3.8) is 0 Å². The number of aromatic nitrogens is 1. The number of hydrogen-bond acceptors (Lipinski definition) is 6. The van der Waals surface area contributed by atoms with E-state index in [9.17, 15) is 14.9 Å². The van der Waals surface area contributed by atoms with E-state index in [1.165, 1.54) is 17.0 Å². The number of nitro groups is 1. The van der Waals surface area contributed by atoms with Crippen molar-refractivity contribution < 1.29 is 14.5 Å². The minimum atomic E-state index is -0.649. The van der Waals surface area contributed by atoms with Crippen LogP contribution in [0, 0.1) is 10.1 Å². The Morgan fingerprint density at radius 1 is 1.36 bits per heavy atom. The molecule has 1 aromatic carbocycles. The van der Waals surface area contributed by atoms with Crippen LogP contribution in [0.3, 0.4) is 0 Å². The molecule has 0 fully saturated rings. The smallest absolute Gasteiger partial charge is 0.416 e. The summed E-state index contributed by atoms with van der Waals surface area (Å²) in [5, 5.41) is 10.9. The van der Waals surface area contributed by atoms with E-state index in [-0.39, 0.29) is 11.4 Å². The number of ether oxygens (including phenoxy) is 1. The van der Waals surface area contributed by atoms with E-state index >= 15 is 0 Å². The van der Waals surface area contributed by atoms with Crippen LogP contribution in [0.1, 0.15) is 27.2 Å². The Labute approximate surface area is 163 Å². The van der Waals surface area contributed by atoms with Gasteiger partial charge in [-0.1, -0.05) is 6.08 Å². The van der Waals surface area contributed by atoms with Gasteiger partial charge in [0.25, 0.3) is 5.69 Å². The molecule has 0 saturated heterocycles. The standard InChI is InChI=1S/C20H24N4O4/c1-5-6-11-23(19(25)28-20(2,3)4)18-12-14(9-10-22-18)16-8-7-15(24(26)27)13-17(16)21/h5,7-10,12-13H,1,6,11,21H2,2-4H3. The first-order valence-corrected chi connectivity index (χ1v) is 8.74. The topological polar surface area (TPSA) is 112 Å². The molecule has 0 aliphatic heterocycles. The van der Waals surface area contributed by atoms with Crippen molar-refractivity contribution in [3.05, 3.63) is 59.3 Å². The zero-order chi connectivity index (χ0) is 20.9. The molecule has 28 heavy (non-hydrogen) atoms. The lowest BCUT2D eigenvalue weighted by atomic mass is 10.0. The molecular weight excluding hydrogens is 360 g/mol. The fourth-order valence-corrected chi connectivity index (χ4v) is 2.50. The number of carbonyl (C=O) groups is 1. The van der Waals surface area contributed by atoms with Crippen LogP contribution in [0.15, 0.2) is 49.2 Å². The van der Waals surface area contributed by atoms with E-state index in [1.807, 2.05) is 0 Å². The SMILES string of the molecule is C=CCCN(C(=O)OC(C)(C)C)c1cc(-c2ccc([N+](=O)[O-])cc2N)ccn1. The van der Waals surface area contributed by atoms with Crippen molar-refractivity contribution in [1.82, 2.24) is 4.98 Å². The average molecular weight is 384 g/mol. The monoisotopic (exact) mass is 384 g/mol. The molecule has 2 aromatic rings. The number of nitrogen functional groups attached to an aromatic ring is 1. The molecule has 0 spiro atoms. The third-order valence-corrected chi connectivity index (χ3v) is 3.75. The maximum atomic E-state index is 12.6.